The van der Waals surface area contributed by atoms with Crippen LogP contribution >= 0.6 is 0 Å². The summed E-state index contributed by atoms with van der Waals surface area (Å²) in [6.45, 7) is 5.20. The van der Waals surface area contributed by atoms with Crippen LogP contribution in [0.2, 0.25) is 0 Å². The molecule has 0 unspecified atom stereocenters. The van der Waals surface area contributed by atoms with E-state index in [1.807, 2.05) is 19.9 Å². The van der Waals surface area contributed by atoms with E-state index in [-0.39, 0.29) is 0 Å². The Labute approximate surface area is 187 Å². The van der Waals surface area contributed by atoms with E-state index in [0.717, 1.165) is 18.4 Å². The minimum atomic E-state index is -0.922. The molecule has 2 amide bonds. The van der Waals surface area contributed by atoms with Gasteiger partial charge in [0.25, 0.3) is 11.8 Å². The van der Waals surface area contributed by atoms with Gasteiger partial charge in [0.05, 0.1) is 12.2 Å². The molecule has 0 saturated carbocycles. The standard InChI is InChI=1S/C24H28N2O6/c1-4-5-13-31-24(30)18-9-11-20(12-10-18)26-21(27)15-32-23(29)17(3)25-22(28)19-8-6-7-16(2)14-19/h6-12,14,17H,4-5,13,15H2,1-3H3,(H,25,28)(H,26,27)/t17-/m0/s1. The molecule has 2 aromatic carbocycles. The molecular formula is C24H28N2O6. The van der Waals surface area contributed by atoms with E-state index in [1.54, 1.807) is 42.5 Å². The Kier molecular flexibility index (Phi) is 9.41. The number of rotatable bonds is 10. The van der Waals surface area contributed by atoms with Crippen molar-refractivity contribution in [1.82, 2.24) is 5.32 Å². The van der Waals surface area contributed by atoms with Crippen LogP contribution in [-0.4, -0.2) is 43.0 Å². The predicted octanol–water partition coefficient (Wildman–Crippen LogP) is 3.25. The maximum absolute atomic E-state index is 12.2. The first-order valence-corrected chi connectivity index (χ1v) is 10.4. The maximum atomic E-state index is 12.2. The summed E-state index contributed by atoms with van der Waals surface area (Å²) < 4.78 is 10.1. The third-order valence-corrected chi connectivity index (χ3v) is 4.46. The molecule has 2 aromatic rings. The molecule has 0 spiro atoms. The van der Waals surface area contributed by atoms with Gasteiger partial charge in [0, 0.05) is 11.3 Å². The molecule has 8 nitrogen and oxygen atoms in total. The zero-order valence-electron chi connectivity index (χ0n) is 18.5. The molecule has 1 atom stereocenters. The van der Waals surface area contributed by atoms with Crippen LogP contribution in [0.1, 0.15) is 53.0 Å². The number of carbonyl (C=O) groups is 4. The first-order chi connectivity index (χ1) is 15.3. The number of esters is 2. The van der Waals surface area contributed by atoms with Crippen molar-refractivity contribution in [2.45, 2.75) is 39.7 Å². The van der Waals surface area contributed by atoms with Gasteiger partial charge in [0.2, 0.25) is 0 Å². The second-order valence-corrected chi connectivity index (χ2v) is 7.29. The number of ether oxygens (including phenoxy) is 2. The summed E-state index contributed by atoms with van der Waals surface area (Å²) in [5, 5.41) is 5.11. The van der Waals surface area contributed by atoms with Crippen LogP contribution < -0.4 is 10.6 Å². The van der Waals surface area contributed by atoms with E-state index < -0.39 is 36.4 Å². The van der Waals surface area contributed by atoms with Gasteiger partial charge >= 0.3 is 11.9 Å². The fraction of sp³-hybridized carbons (Fsp3) is 0.333. The fourth-order valence-electron chi connectivity index (χ4n) is 2.67. The predicted molar refractivity (Wildman–Crippen MR) is 119 cm³/mol. The van der Waals surface area contributed by atoms with E-state index in [2.05, 4.69) is 10.6 Å². The van der Waals surface area contributed by atoms with Crippen LogP contribution in [0.25, 0.3) is 0 Å². The van der Waals surface area contributed by atoms with Crippen LogP contribution in [0, 0.1) is 6.92 Å². The first-order valence-electron chi connectivity index (χ1n) is 10.4. The first kappa shape index (κ1) is 24.6. The van der Waals surface area contributed by atoms with Crippen molar-refractivity contribution in [2.24, 2.45) is 0 Å². The topological polar surface area (TPSA) is 111 Å². The molecular weight excluding hydrogens is 412 g/mol. The lowest BCUT2D eigenvalue weighted by molar-refractivity contribution is -0.148. The monoisotopic (exact) mass is 440 g/mol. The second kappa shape index (κ2) is 12.2. The third-order valence-electron chi connectivity index (χ3n) is 4.46. The van der Waals surface area contributed by atoms with Crippen molar-refractivity contribution in [3.63, 3.8) is 0 Å². The molecule has 170 valence electrons. The Balaban J connectivity index is 1.77. The quantitative estimate of drug-likeness (QED) is 0.433. The highest BCUT2D eigenvalue weighted by molar-refractivity contribution is 5.97. The molecule has 2 rings (SSSR count). The van der Waals surface area contributed by atoms with E-state index >= 15 is 0 Å². The smallest absolute Gasteiger partial charge is 0.338 e. The van der Waals surface area contributed by atoms with Gasteiger partial charge in [-0.2, -0.15) is 0 Å². The number of unbranched alkanes of at least 4 members (excludes halogenated alkanes) is 1. The highest BCUT2D eigenvalue weighted by Gasteiger charge is 2.19. The van der Waals surface area contributed by atoms with Crippen molar-refractivity contribution in [3.05, 3.63) is 65.2 Å². The van der Waals surface area contributed by atoms with Gasteiger partial charge in [-0.25, -0.2) is 9.59 Å². The summed E-state index contributed by atoms with van der Waals surface area (Å²) in [5.74, 6) is -2.11. The highest BCUT2D eigenvalue weighted by Crippen LogP contribution is 2.11. The van der Waals surface area contributed by atoms with Crippen molar-refractivity contribution >= 4 is 29.4 Å². The van der Waals surface area contributed by atoms with Gasteiger partial charge in [0.1, 0.15) is 6.04 Å². The van der Waals surface area contributed by atoms with Crippen LogP contribution in [0.3, 0.4) is 0 Å². The number of carbonyl (C=O) groups excluding carboxylic acids is 4. The lowest BCUT2D eigenvalue weighted by Gasteiger charge is -2.14. The number of anilines is 1. The van der Waals surface area contributed by atoms with Gasteiger partial charge in [-0.05, 0) is 56.7 Å². The minimum absolute atomic E-state index is 0.364. The normalized spacial score (nSPS) is 11.2. The molecule has 0 aromatic heterocycles. The molecule has 0 aliphatic carbocycles. The van der Waals surface area contributed by atoms with Crippen molar-refractivity contribution in [1.29, 1.82) is 0 Å². The SMILES string of the molecule is CCCCOC(=O)c1ccc(NC(=O)COC(=O)[C@H](C)NC(=O)c2cccc(C)c2)cc1. The summed E-state index contributed by atoms with van der Waals surface area (Å²) in [6, 6.07) is 12.2. The highest BCUT2D eigenvalue weighted by atomic mass is 16.5. The Morgan fingerprint density at radius 3 is 2.34 bits per heavy atom. The molecule has 0 heterocycles. The van der Waals surface area contributed by atoms with Gasteiger partial charge in [-0.3, -0.25) is 9.59 Å². The largest absolute Gasteiger partial charge is 0.462 e. The molecule has 0 saturated heterocycles. The number of benzene rings is 2. The number of aryl methyl sites for hydroxylation is 1. The van der Waals surface area contributed by atoms with Crippen molar-refractivity contribution in [2.75, 3.05) is 18.5 Å². The Hall–Kier alpha value is -3.68. The number of hydrogen-bond donors (Lipinski definition) is 2. The van der Waals surface area contributed by atoms with Gasteiger partial charge in [-0.1, -0.05) is 31.0 Å². The summed E-state index contributed by atoms with van der Waals surface area (Å²) in [4.78, 5) is 48.2. The van der Waals surface area contributed by atoms with E-state index in [4.69, 9.17) is 9.47 Å². The van der Waals surface area contributed by atoms with Crippen molar-refractivity contribution < 1.29 is 28.7 Å². The Morgan fingerprint density at radius 1 is 0.969 bits per heavy atom. The molecule has 0 aliphatic rings. The number of amides is 2. The molecule has 0 fully saturated rings. The second-order valence-electron chi connectivity index (χ2n) is 7.29. The zero-order chi connectivity index (χ0) is 23.5. The third kappa shape index (κ3) is 7.86. The lowest BCUT2D eigenvalue weighted by atomic mass is 10.1. The van der Waals surface area contributed by atoms with Crippen LogP contribution in [-0.2, 0) is 19.1 Å². The zero-order valence-corrected chi connectivity index (χ0v) is 18.5. The summed E-state index contributed by atoms with van der Waals surface area (Å²) in [6.07, 6.45) is 1.73. The summed E-state index contributed by atoms with van der Waals surface area (Å²) in [7, 11) is 0. The Morgan fingerprint density at radius 2 is 1.69 bits per heavy atom. The summed E-state index contributed by atoms with van der Waals surface area (Å²) >= 11 is 0. The van der Waals surface area contributed by atoms with E-state index in [1.165, 1.54) is 6.92 Å². The lowest BCUT2D eigenvalue weighted by Crippen LogP contribution is -2.40. The summed E-state index contributed by atoms with van der Waals surface area (Å²) in [5.41, 5.74) is 2.17. The van der Waals surface area contributed by atoms with E-state index in [0.29, 0.717) is 23.4 Å². The van der Waals surface area contributed by atoms with Gasteiger partial charge in [0.15, 0.2) is 6.61 Å². The maximum Gasteiger partial charge on any atom is 0.338 e. The van der Waals surface area contributed by atoms with E-state index in [9.17, 15) is 19.2 Å². The Bertz CT molecular complexity index is 955. The number of hydrogen-bond acceptors (Lipinski definition) is 6. The molecule has 2 N–H and O–H groups in total. The molecule has 0 bridgehead atoms. The van der Waals surface area contributed by atoms with Crippen molar-refractivity contribution in [3.8, 4) is 0 Å². The average Bonchev–Trinajstić information content (AvgIpc) is 2.78. The van der Waals surface area contributed by atoms with Crippen LogP contribution in [0.4, 0.5) is 5.69 Å². The molecule has 0 radical (unpaired) electrons. The van der Waals surface area contributed by atoms with Gasteiger partial charge in [-0.15, -0.1) is 0 Å². The van der Waals surface area contributed by atoms with Crippen LogP contribution in [0.15, 0.2) is 48.5 Å². The fourth-order valence-corrected chi connectivity index (χ4v) is 2.67. The molecule has 32 heavy (non-hydrogen) atoms. The molecule has 8 heteroatoms. The minimum Gasteiger partial charge on any atom is -0.462 e. The number of nitrogens with one attached hydrogen (secondary N) is 2. The van der Waals surface area contributed by atoms with Gasteiger partial charge < -0.3 is 20.1 Å². The average molecular weight is 440 g/mol. The molecule has 0 aliphatic heterocycles. The van der Waals surface area contributed by atoms with Crippen LogP contribution in [0.5, 0.6) is 0 Å².